The summed E-state index contributed by atoms with van der Waals surface area (Å²) in [4.78, 5) is 12.6. The molecule has 0 spiro atoms. The predicted molar refractivity (Wildman–Crippen MR) is 76.8 cm³/mol. The lowest BCUT2D eigenvalue weighted by molar-refractivity contribution is -0.384. The SMILES string of the molecule is CN(C)C1(CNc2cc(F)c(Cl)cc2[N+](=O)[O-])CCC1. The van der Waals surface area contributed by atoms with Crippen LogP contribution in [0.25, 0.3) is 0 Å². The quantitative estimate of drug-likeness (QED) is 0.670. The van der Waals surface area contributed by atoms with Crippen LogP contribution in [0.2, 0.25) is 5.02 Å². The molecule has 1 fully saturated rings. The number of nitrogens with one attached hydrogen (secondary N) is 1. The highest BCUT2D eigenvalue weighted by molar-refractivity contribution is 6.31. The second kappa shape index (κ2) is 5.54. The molecule has 0 bridgehead atoms. The number of likely N-dealkylation sites (N-methyl/N-ethyl adjacent to an activating group) is 1. The molecule has 0 aromatic heterocycles. The van der Waals surface area contributed by atoms with Crippen LogP contribution in [0.5, 0.6) is 0 Å². The molecule has 5 nitrogen and oxygen atoms in total. The van der Waals surface area contributed by atoms with E-state index in [-0.39, 0.29) is 21.9 Å². The Morgan fingerprint density at radius 2 is 2.15 bits per heavy atom. The van der Waals surface area contributed by atoms with Gasteiger partial charge in [-0.1, -0.05) is 11.6 Å². The molecule has 0 radical (unpaired) electrons. The van der Waals surface area contributed by atoms with Crippen LogP contribution in [-0.4, -0.2) is 36.0 Å². The van der Waals surface area contributed by atoms with Gasteiger partial charge in [-0.25, -0.2) is 4.39 Å². The normalized spacial score (nSPS) is 16.9. The monoisotopic (exact) mass is 301 g/mol. The van der Waals surface area contributed by atoms with E-state index in [1.54, 1.807) is 0 Å². The van der Waals surface area contributed by atoms with E-state index in [9.17, 15) is 14.5 Å². The second-order valence-corrected chi connectivity index (χ2v) is 5.77. The summed E-state index contributed by atoms with van der Waals surface area (Å²) in [5.74, 6) is -0.660. The minimum absolute atomic E-state index is 0.00994. The Kier molecular flexibility index (Phi) is 4.15. The van der Waals surface area contributed by atoms with Crippen LogP contribution in [0.3, 0.4) is 0 Å². The van der Waals surface area contributed by atoms with E-state index >= 15 is 0 Å². The number of halogens is 2. The third kappa shape index (κ3) is 2.71. The maximum atomic E-state index is 13.5. The lowest BCUT2D eigenvalue weighted by Gasteiger charge is -2.47. The fourth-order valence-electron chi connectivity index (χ4n) is 2.46. The van der Waals surface area contributed by atoms with Gasteiger partial charge in [0.05, 0.1) is 9.95 Å². The van der Waals surface area contributed by atoms with E-state index in [1.165, 1.54) is 0 Å². The molecule has 1 saturated carbocycles. The molecule has 1 aliphatic rings. The molecule has 0 heterocycles. The Balaban J connectivity index is 2.21. The van der Waals surface area contributed by atoms with E-state index in [0.717, 1.165) is 31.4 Å². The average Bonchev–Trinajstić information content (AvgIpc) is 2.30. The minimum atomic E-state index is -0.660. The van der Waals surface area contributed by atoms with Gasteiger partial charge in [0.15, 0.2) is 0 Å². The van der Waals surface area contributed by atoms with Gasteiger partial charge in [-0.15, -0.1) is 0 Å². The number of hydrogen-bond acceptors (Lipinski definition) is 4. The van der Waals surface area contributed by atoms with Crippen molar-refractivity contribution in [2.75, 3.05) is 26.0 Å². The second-order valence-electron chi connectivity index (χ2n) is 5.37. The van der Waals surface area contributed by atoms with E-state index in [0.29, 0.717) is 6.54 Å². The topological polar surface area (TPSA) is 58.4 Å². The highest BCUT2D eigenvalue weighted by atomic mass is 35.5. The highest BCUT2D eigenvalue weighted by Gasteiger charge is 2.39. The van der Waals surface area contributed by atoms with Gasteiger partial charge in [0, 0.05) is 24.2 Å². The third-order valence-corrected chi connectivity index (χ3v) is 4.37. The van der Waals surface area contributed by atoms with Crippen LogP contribution in [-0.2, 0) is 0 Å². The van der Waals surface area contributed by atoms with Crippen LogP contribution in [0.15, 0.2) is 12.1 Å². The molecular formula is C13H17ClFN3O2. The number of anilines is 1. The molecule has 0 saturated heterocycles. The zero-order valence-corrected chi connectivity index (χ0v) is 12.2. The number of rotatable bonds is 5. The van der Waals surface area contributed by atoms with E-state index in [4.69, 9.17) is 11.6 Å². The van der Waals surface area contributed by atoms with Gasteiger partial charge in [0.25, 0.3) is 5.69 Å². The van der Waals surface area contributed by atoms with Crippen molar-refractivity contribution in [1.29, 1.82) is 0 Å². The third-order valence-electron chi connectivity index (χ3n) is 4.08. The molecule has 1 aromatic rings. The van der Waals surface area contributed by atoms with Gasteiger partial charge in [0.1, 0.15) is 11.5 Å². The number of benzene rings is 1. The summed E-state index contributed by atoms with van der Waals surface area (Å²) in [6.45, 7) is 0.544. The van der Waals surface area contributed by atoms with Gasteiger partial charge in [-0.05, 0) is 33.4 Å². The standard InChI is InChI=1S/C13H17ClFN3O2/c1-17(2)13(4-3-5-13)8-16-11-7-10(15)9(14)6-12(11)18(19)20/h6-7,16H,3-5,8H2,1-2H3. The highest BCUT2D eigenvalue weighted by Crippen LogP contribution is 2.37. The van der Waals surface area contributed by atoms with Crippen molar-refractivity contribution in [2.24, 2.45) is 0 Å². The molecule has 0 amide bonds. The van der Waals surface area contributed by atoms with Crippen molar-refractivity contribution in [2.45, 2.75) is 24.8 Å². The first kappa shape index (κ1) is 15.0. The molecule has 20 heavy (non-hydrogen) atoms. The Hall–Kier alpha value is -1.40. The lowest BCUT2D eigenvalue weighted by atomic mass is 9.75. The van der Waals surface area contributed by atoms with Crippen molar-refractivity contribution in [3.63, 3.8) is 0 Å². The zero-order chi connectivity index (χ0) is 14.9. The maximum absolute atomic E-state index is 13.5. The van der Waals surface area contributed by atoms with Gasteiger partial charge in [-0.2, -0.15) is 0 Å². The molecule has 7 heteroatoms. The summed E-state index contributed by atoms with van der Waals surface area (Å²) < 4.78 is 13.5. The van der Waals surface area contributed by atoms with E-state index < -0.39 is 10.7 Å². The molecule has 1 aliphatic carbocycles. The largest absolute Gasteiger partial charge is 0.378 e. The summed E-state index contributed by atoms with van der Waals surface area (Å²) >= 11 is 5.59. The summed E-state index contributed by atoms with van der Waals surface area (Å²) in [5, 5.41) is 13.8. The Morgan fingerprint density at radius 1 is 1.50 bits per heavy atom. The maximum Gasteiger partial charge on any atom is 0.294 e. The summed E-state index contributed by atoms with van der Waals surface area (Å²) in [6.07, 6.45) is 3.19. The molecule has 1 aromatic carbocycles. The number of nitro benzene ring substituents is 1. The Labute approximate surface area is 121 Å². The molecule has 1 N–H and O–H groups in total. The van der Waals surface area contributed by atoms with Crippen molar-refractivity contribution < 1.29 is 9.31 Å². The number of nitrogens with zero attached hydrogens (tertiary/aromatic N) is 2. The molecule has 0 atom stereocenters. The predicted octanol–water partition coefficient (Wildman–Crippen LogP) is 3.28. The van der Waals surface area contributed by atoms with Crippen LogP contribution in [0, 0.1) is 15.9 Å². The van der Waals surface area contributed by atoms with Crippen LogP contribution in [0.4, 0.5) is 15.8 Å². The fourth-order valence-corrected chi connectivity index (χ4v) is 2.61. The molecule has 0 unspecified atom stereocenters. The summed E-state index contributed by atoms with van der Waals surface area (Å²) in [5.41, 5.74) is -0.0427. The van der Waals surface area contributed by atoms with Crippen molar-refractivity contribution in [3.05, 3.63) is 33.1 Å². The van der Waals surface area contributed by atoms with Crippen LogP contribution in [0.1, 0.15) is 19.3 Å². The van der Waals surface area contributed by atoms with Crippen LogP contribution >= 0.6 is 11.6 Å². The smallest absolute Gasteiger partial charge is 0.294 e. The average molecular weight is 302 g/mol. The molecule has 2 rings (SSSR count). The first-order valence-corrected chi connectivity index (χ1v) is 6.78. The van der Waals surface area contributed by atoms with Gasteiger partial charge in [0.2, 0.25) is 0 Å². The van der Waals surface area contributed by atoms with E-state index in [1.807, 2.05) is 14.1 Å². The first-order valence-electron chi connectivity index (χ1n) is 6.40. The minimum Gasteiger partial charge on any atom is -0.378 e. The zero-order valence-electron chi connectivity index (χ0n) is 11.4. The summed E-state index contributed by atoms with van der Waals surface area (Å²) in [6, 6.07) is 2.13. The van der Waals surface area contributed by atoms with Crippen molar-refractivity contribution >= 4 is 23.0 Å². The fraction of sp³-hybridized carbons (Fsp3) is 0.538. The van der Waals surface area contributed by atoms with Gasteiger partial charge >= 0.3 is 0 Å². The Morgan fingerprint density at radius 3 is 2.60 bits per heavy atom. The molecule has 110 valence electrons. The molecule has 0 aliphatic heterocycles. The van der Waals surface area contributed by atoms with Crippen molar-refractivity contribution in [3.8, 4) is 0 Å². The first-order chi connectivity index (χ1) is 9.35. The number of hydrogen-bond donors (Lipinski definition) is 1. The number of nitro groups is 1. The van der Waals surface area contributed by atoms with Crippen molar-refractivity contribution in [1.82, 2.24) is 4.90 Å². The van der Waals surface area contributed by atoms with Crippen LogP contribution < -0.4 is 5.32 Å². The van der Waals surface area contributed by atoms with Gasteiger partial charge in [-0.3, -0.25) is 10.1 Å². The Bertz CT molecular complexity index is 533. The summed E-state index contributed by atoms with van der Waals surface area (Å²) in [7, 11) is 3.97. The van der Waals surface area contributed by atoms with Gasteiger partial charge < -0.3 is 10.2 Å². The molecular weight excluding hydrogens is 285 g/mol. The lowest BCUT2D eigenvalue weighted by Crippen LogP contribution is -2.54. The van der Waals surface area contributed by atoms with E-state index in [2.05, 4.69) is 10.2 Å².